The molecule has 0 bridgehead atoms. The summed E-state index contributed by atoms with van der Waals surface area (Å²) in [5, 5.41) is 15.1. The number of halogens is 3. The number of para-hydroxylation sites is 1. The molecule has 3 amide bonds. The molecule has 11 heteroatoms. The Hall–Kier alpha value is -4.20. The molecule has 3 N–H and O–H groups in total. The van der Waals surface area contributed by atoms with Gasteiger partial charge < -0.3 is 20.4 Å². The fourth-order valence-electron chi connectivity index (χ4n) is 3.25. The zero-order chi connectivity index (χ0) is 24.0. The number of urea groups is 1. The fourth-order valence-corrected chi connectivity index (χ4v) is 3.25. The lowest BCUT2D eigenvalue weighted by atomic mass is 10.0. The molecule has 3 rings (SSSR count). The zero-order valence-electron chi connectivity index (χ0n) is 17.4. The van der Waals surface area contributed by atoms with Gasteiger partial charge in [-0.3, -0.25) is 4.79 Å². The maximum absolute atomic E-state index is 12.9. The molecular formula is C22H20F3N5O3. The lowest BCUT2D eigenvalue weighted by Gasteiger charge is -2.22. The average Bonchev–Trinajstić information content (AvgIpc) is 3.17. The molecule has 0 fully saturated rings. The quantitative estimate of drug-likeness (QED) is 0.365. The number of carbonyl (C=O) groups excluding carboxylic acids is 2. The number of nitriles is 1. The molecule has 3 aromatic rings. The molecule has 1 aromatic heterocycles. The number of rotatable bonds is 7. The number of aromatic amines is 1. The van der Waals surface area contributed by atoms with Gasteiger partial charge in [-0.25, -0.2) is 9.69 Å². The highest BCUT2D eigenvalue weighted by Crippen LogP contribution is 2.24. The smallest absolute Gasteiger partial charge is 0.406 e. The average molecular weight is 459 g/mol. The van der Waals surface area contributed by atoms with Crippen LogP contribution in [-0.4, -0.2) is 40.8 Å². The fraction of sp³-hybridized carbons (Fsp3) is 0.227. The standard InChI is InChI=1S/C22H20F3N5O3/c1-2-30(13-26)20(31)19(11-14-12-27-18-6-4-3-5-17(14)18)29-21(32)28-15-7-9-16(10-8-15)33-22(23,24)25/h3-10,12,19,27H,2,11H2,1H3,(H2,28,29,32). The molecule has 0 spiro atoms. The Labute approximate surface area is 186 Å². The van der Waals surface area contributed by atoms with Gasteiger partial charge in [0, 0.05) is 35.8 Å². The van der Waals surface area contributed by atoms with Crippen LogP contribution in [0.15, 0.2) is 54.7 Å². The molecule has 0 aliphatic heterocycles. The van der Waals surface area contributed by atoms with E-state index < -0.39 is 30.1 Å². The van der Waals surface area contributed by atoms with Crippen LogP contribution in [0.3, 0.4) is 0 Å². The van der Waals surface area contributed by atoms with Crippen LogP contribution >= 0.6 is 0 Å². The molecule has 1 atom stereocenters. The van der Waals surface area contributed by atoms with Crippen LogP contribution in [0.4, 0.5) is 23.7 Å². The SMILES string of the molecule is CCN(C#N)C(=O)C(Cc1c[nH]c2ccccc12)NC(=O)Nc1ccc(OC(F)(F)F)cc1. The third-order valence-corrected chi connectivity index (χ3v) is 4.75. The van der Waals surface area contributed by atoms with Crippen molar-refractivity contribution in [3.05, 3.63) is 60.3 Å². The number of hydrogen-bond donors (Lipinski definition) is 3. The molecule has 0 saturated heterocycles. The summed E-state index contributed by atoms with van der Waals surface area (Å²) >= 11 is 0. The zero-order valence-corrected chi connectivity index (χ0v) is 17.4. The van der Waals surface area contributed by atoms with E-state index in [1.165, 1.54) is 12.1 Å². The summed E-state index contributed by atoms with van der Waals surface area (Å²) in [6.07, 6.45) is -1.18. The first-order chi connectivity index (χ1) is 15.7. The number of nitrogens with one attached hydrogen (secondary N) is 3. The third-order valence-electron chi connectivity index (χ3n) is 4.75. The number of benzene rings is 2. The summed E-state index contributed by atoms with van der Waals surface area (Å²) in [6.45, 7) is 1.76. The van der Waals surface area contributed by atoms with Crippen LogP contribution in [0, 0.1) is 11.5 Å². The van der Waals surface area contributed by atoms with Crippen molar-refractivity contribution in [2.24, 2.45) is 0 Å². The molecule has 33 heavy (non-hydrogen) atoms. The third kappa shape index (κ3) is 6.16. The maximum atomic E-state index is 12.9. The van der Waals surface area contributed by atoms with E-state index in [1.807, 2.05) is 24.3 Å². The normalized spacial score (nSPS) is 12.0. The van der Waals surface area contributed by atoms with E-state index in [9.17, 15) is 28.0 Å². The first-order valence-electron chi connectivity index (χ1n) is 9.89. The highest BCUT2D eigenvalue weighted by atomic mass is 19.4. The minimum absolute atomic E-state index is 0.118. The minimum Gasteiger partial charge on any atom is -0.406 e. The van der Waals surface area contributed by atoms with E-state index in [4.69, 9.17) is 0 Å². The van der Waals surface area contributed by atoms with Crippen molar-refractivity contribution in [3.63, 3.8) is 0 Å². The van der Waals surface area contributed by atoms with Gasteiger partial charge >= 0.3 is 12.4 Å². The van der Waals surface area contributed by atoms with Crippen molar-refractivity contribution >= 4 is 28.5 Å². The summed E-state index contributed by atoms with van der Waals surface area (Å²) in [6, 6.07) is 10.2. The van der Waals surface area contributed by atoms with Crippen LogP contribution in [-0.2, 0) is 11.2 Å². The topological polar surface area (TPSA) is 110 Å². The first kappa shape index (κ1) is 23.5. The van der Waals surface area contributed by atoms with Crippen molar-refractivity contribution in [3.8, 4) is 11.9 Å². The van der Waals surface area contributed by atoms with E-state index >= 15 is 0 Å². The summed E-state index contributed by atoms with van der Waals surface area (Å²) < 4.78 is 40.6. The predicted molar refractivity (Wildman–Crippen MR) is 114 cm³/mol. The molecule has 2 aromatic carbocycles. The Balaban J connectivity index is 1.74. The Bertz CT molecular complexity index is 1170. The molecule has 0 aliphatic carbocycles. The highest BCUT2D eigenvalue weighted by Gasteiger charge is 2.31. The molecule has 0 radical (unpaired) electrons. The van der Waals surface area contributed by atoms with Crippen molar-refractivity contribution < 1.29 is 27.5 Å². The van der Waals surface area contributed by atoms with Crippen LogP contribution in [0.1, 0.15) is 12.5 Å². The summed E-state index contributed by atoms with van der Waals surface area (Å²) in [7, 11) is 0. The molecular weight excluding hydrogens is 439 g/mol. The molecule has 1 heterocycles. The van der Waals surface area contributed by atoms with E-state index in [-0.39, 0.29) is 18.7 Å². The van der Waals surface area contributed by atoms with Crippen molar-refractivity contribution in [1.82, 2.24) is 15.2 Å². The Morgan fingerprint density at radius 1 is 1.18 bits per heavy atom. The number of hydrogen-bond acceptors (Lipinski definition) is 4. The Morgan fingerprint density at radius 2 is 1.88 bits per heavy atom. The number of anilines is 1. The highest BCUT2D eigenvalue weighted by molar-refractivity contribution is 5.94. The van der Waals surface area contributed by atoms with Crippen molar-refractivity contribution in [1.29, 1.82) is 5.26 Å². The maximum Gasteiger partial charge on any atom is 0.573 e. The number of aromatic nitrogens is 1. The predicted octanol–water partition coefficient (Wildman–Crippen LogP) is 4.13. The number of likely N-dealkylation sites (N-methyl/N-ethyl adjacent to an activating group) is 1. The van der Waals surface area contributed by atoms with Gasteiger partial charge in [0.2, 0.25) is 0 Å². The van der Waals surface area contributed by atoms with Crippen LogP contribution < -0.4 is 15.4 Å². The number of ether oxygens (including phenoxy) is 1. The van der Waals surface area contributed by atoms with Crippen LogP contribution in [0.2, 0.25) is 0 Å². The summed E-state index contributed by atoms with van der Waals surface area (Å²) in [5.74, 6) is -1.03. The van der Waals surface area contributed by atoms with Crippen LogP contribution in [0.5, 0.6) is 5.75 Å². The molecule has 0 aliphatic rings. The number of carbonyl (C=O) groups is 2. The lowest BCUT2D eigenvalue weighted by Crippen LogP contribution is -2.49. The van der Waals surface area contributed by atoms with E-state index in [0.29, 0.717) is 0 Å². The first-order valence-corrected chi connectivity index (χ1v) is 9.89. The van der Waals surface area contributed by atoms with Crippen molar-refractivity contribution in [2.45, 2.75) is 25.7 Å². The minimum atomic E-state index is -4.83. The van der Waals surface area contributed by atoms with E-state index in [0.717, 1.165) is 33.5 Å². The van der Waals surface area contributed by atoms with E-state index in [1.54, 1.807) is 19.3 Å². The van der Waals surface area contributed by atoms with Gasteiger partial charge in [-0.1, -0.05) is 18.2 Å². The van der Waals surface area contributed by atoms with Gasteiger partial charge in [0.25, 0.3) is 5.91 Å². The number of alkyl halides is 3. The summed E-state index contributed by atoms with van der Waals surface area (Å²) in [5.41, 5.74) is 1.82. The van der Waals surface area contributed by atoms with Crippen LogP contribution in [0.25, 0.3) is 10.9 Å². The number of fused-ring (bicyclic) bond motifs is 1. The van der Waals surface area contributed by atoms with Gasteiger partial charge in [-0.2, -0.15) is 5.26 Å². The van der Waals surface area contributed by atoms with Gasteiger partial charge in [-0.15, -0.1) is 13.2 Å². The number of nitrogens with zero attached hydrogens (tertiary/aromatic N) is 2. The van der Waals surface area contributed by atoms with Gasteiger partial charge in [-0.05, 0) is 42.8 Å². The van der Waals surface area contributed by atoms with Gasteiger partial charge in [0.05, 0.1) is 0 Å². The number of H-pyrrole nitrogens is 1. The molecule has 1 unspecified atom stereocenters. The Kier molecular flexibility index (Phi) is 7.07. The molecule has 0 saturated carbocycles. The number of amides is 3. The summed E-state index contributed by atoms with van der Waals surface area (Å²) in [4.78, 5) is 29.4. The largest absolute Gasteiger partial charge is 0.573 e. The second-order valence-electron chi connectivity index (χ2n) is 6.97. The second kappa shape index (κ2) is 9.95. The molecule has 8 nitrogen and oxygen atoms in total. The molecule has 172 valence electrons. The van der Waals surface area contributed by atoms with Gasteiger partial charge in [0.1, 0.15) is 11.8 Å². The monoisotopic (exact) mass is 459 g/mol. The second-order valence-corrected chi connectivity index (χ2v) is 6.97. The van der Waals surface area contributed by atoms with E-state index in [2.05, 4.69) is 20.4 Å². The van der Waals surface area contributed by atoms with Gasteiger partial charge in [0.15, 0.2) is 6.19 Å². The lowest BCUT2D eigenvalue weighted by molar-refractivity contribution is -0.274. The van der Waals surface area contributed by atoms with Crippen molar-refractivity contribution in [2.75, 3.05) is 11.9 Å². The Morgan fingerprint density at radius 3 is 2.52 bits per heavy atom.